The van der Waals surface area contributed by atoms with Crippen LogP contribution in [0.2, 0.25) is 0 Å². The molecule has 1 N–H and O–H groups in total. The lowest BCUT2D eigenvalue weighted by Gasteiger charge is -2.19. The first-order chi connectivity index (χ1) is 13.4. The van der Waals surface area contributed by atoms with E-state index in [0.717, 1.165) is 17.6 Å². The molecule has 0 aliphatic heterocycles. The van der Waals surface area contributed by atoms with Crippen LogP contribution in [0.15, 0.2) is 88.8 Å². The number of pyridine rings is 2. The molecular formula is C21H17N3O3S. The van der Waals surface area contributed by atoms with Crippen molar-refractivity contribution >= 4 is 32.2 Å². The molecule has 0 aliphatic carbocycles. The van der Waals surface area contributed by atoms with Gasteiger partial charge < -0.3 is 5.32 Å². The van der Waals surface area contributed by atoms with Crippen LogP contribution in [0.5, 0.6) is 0 Å². The van der Waals surface area contributed by atoms with Crippen LogP contribution in [0, 0.1) is 0 Å². The number of rotatable bonds is 4. The average molecular weight is 391 g/mol. The van der Waals surface area contributed by atoms with Gasteiger partial charge in [-0.1, -0.05) is 36.4 Å². The second-order valence-corrected chi connectivity index (χ2v) is 8.35. The summed E-state index contributed by atoms with van der Waals surface area (Å²) in [5.74, 6) is 0.464. The van der Waals surface area contributed by atoms with Crippen LogP contribution >= 0.6 is 0 Å². The first kappa shape index (κ1) is 17.9. The van der Waals surface area contributed by atoms with Crippen LogP contribution < -0.4 is 10.7 Å². The van der Waals surface area contributed by atoms with Crippen LogP contribution in [-0.2, 0) is 9.84 Å². The number of fused-ring (bicyclic) bond motifs is 1. The molecule has 2 heterocycles. The van der Waals surface area contributed by atoms with E-state index in [1.807, 2.05) is 60.7 Å². The fraction of sp³-hybridized carbons (Fsp3) is 0.0476. The van der Waals surface area contributed by atoms with Gasteiger partial charge in [0, 0.05) is 36.1 Å². The highest BCUT2D eigenvalue weighted by molar-refractivity contribution is 7.91. The van der Waals surface area contributed by atoms with Gasteiger partial charge in [-0.15, -0.1) is 0 Å². The zero-order valence-corrected chi connectivity index (χ0v) is 15.8. The lowest BCUT2D eigenvalue weighted by molar-refractivity contribution is 0.602. The lowest BCUT2D eigenvalue weighted by atomic mass is 10.2. The Morgan fingerprint density at radius 1 is 0.929 bits per heavy atom. The molecule has 0 unspecified atom stereocenters. The number of para-hydroxylation sites is 2. The van der Waals surface area contributed by atoms with Crippen LogP contribution in [0.25, 0.3) is 16.6 Å². The summed E-state index contributed by atoms with van der Waals surface area (Å²) < 4.78 is 26.6. The van der Waals surface area contributed by atoms with Gasteiger partial charge in [-0.2, -0.15) is 0 Å². The molecule has 140 valence electrons. The molecule has 0 bridgehead atoms. The van der Waals surface area contributed by atoms with Gasteiger partial charge in [-0.3, -0.25) is 14.3 Å². The van der Waals surface area contributed by atoms with Crippen LogP contribution in [0.3, 0.4) is 0 Å². The summed E-state index contributed by atoms with van der Waals surface area (Å²) in [6.45, 7) is 0. The van der Waals surface area contributed by atoms with Crippen molar-refractivity contribution in [2.45, 2.75) is 4.90 Å². The van der Waals surface area contributed by atoms with E-state index < -0.39 is 9.84 Å². The molecule has 0 aliphatic rings. The topological polar surface area (TPSA) is 81.1 Å². The van der Waals surface area contributed by atoms with Gasteiger partial charge in [0.15, 0.2) is 15.3 Å². The van der Waals surface area contributed by atoms with Crippen molar-refractivity contribution in [3.8, 4) is 5.69 Å². The van der Waals surface area contributed by atoms with Gasteiger partial charge in [-0.05, 0) is 24.3 Å². The maximum absolute atomic E-state index is 12.8. The zero-order valence-electron chi connectivity index (χ0n) is 15.0. The molecule has 2 aromatic heterocycles. The predicted octanol–water partition coefficient (Wildman–Crippen LogP) is 3.53. The first-order valence-electron chi connectivity index (χ1n) is 8.56. The van der Waals surface area contributed by atoms with E-state index in [1.165, 1.54) is 18.5 Å². The van der Waals surface area contributed by atoms with Gasteiger partial charge in [0.05, 0.1) is 10.9 Å². The van der Waals surface area contributed by atoms with Crippen molar-refractivity contribution in [2.75, 3.05) is 11.6 Å². The average Bonchev–Trinajstić information content (AvgIpc) is 2.68. The molecule has 0 fully saturated rings. The van der Waals surface area contributed by atoms with Crippen molar-refractivity contribution < 1.29 is 8.42 Å². The molecule has 0 saturated carbocycles. The molecule has 7 heteroatoms. The minimum Gasteiger partial charge on any atom is -0.341 e. The number of benzene rings is 2. The monoisotopic (exact) mass is 391 g/mol. The van der Waals surface area contributed by atoms with Crippen molar-refractivity contribution in [1.82, 2.24) is 9.55 Å². The quantitative estimate of drug-likeness (QED) is 0.576. The Balaban J connectivity index is 2.14. The Kier molecular flexibility index (Phi) is 4.44. The molecule has 2 aromatic carbocycles. The van der Waals surface area contributed by atoms with Crippen molar-refractivity contribution in [2.24, 2.45) is 0 Å². The fourth-order valence-corrected chi connectivity index (χ4v) is 3.92. The van der Waals surface area contributed by atoms with Crippen LogP contribution in [0.4, 0.5) is 11.5 Å². The van der Waals surface area contributed by atoms with E-state index in [2.05, 4.69) is 10.3 Å². The van der Waals surface area contributed by atoms with E-state index in [9.17, 15) is 13.2 Å². The molecule has 0 radical (unpaired) electrons. The van der Waals surface area contributed by atoms with Gasteiger partial charge in [-0.25, -0.2) is 8.42 Å². The molecule has 28 heavy (non-hydrogen) atoms. The molecule has 6 nitrogen and oxygen atoms in total. The van der Waals surface area contributed by atoms with Crippen LogP contribution in [-0.4, -0.2) is 24.2 Å². The second-order valence-electron chi connectivity index (χ2n) is 6.36. The molecule has 0 spiro atoms. The smallest absolute Gasteiger partial charge is 0.193 e. The molecule has 0 amide bonds. The number of nitrogens with one attached hydrogen (secondary N) is 1. The number of sulfone groups is 1. The number of hydrogen-bond acceptors (Lipinski definition) is 5. The standard InChI is InChI=1S/C21H17N3O3S/c1-28(26,27)19-14-22-13-17-18(25)12-20(23-15-8-4-2-5-9-15)24(21(17)19)16-10-6-3-7-11-16/h2-14,23H,1H3. The normalized spacial score (nSPS) is 11.5. The predicted molar refractivity (Wildman–Crippen MR) is 110 cm³/mol. The maximum atomic E-state index is 12.8. The lowest BCUT2D eigenvalue weighted by Crippen LogP contribution is -2.15. The Labute approximate surface area is 162 Å². The Hall–Kier alpha value is -3.45. The summed E-state index contributed by atoms with van der Waals surface area (Å²) >= 11 is 0. The van der Waals surface area contributed by atoms with Gasteiger partial charge in [0.25, 0.3) is 0 Å². The molecule has 4 aromatic rings. The molecule has 0 atom stereocenters. The Morgan fingerprint density at radius 2 is 1.57 bits per heavy atom. The maximum Gasteiger partial charge on any atom is 0.193 e. The van der Waals surface area contributed by atoms with E-state index in [0.29, 0.717) is 11.3 Å². The second kappa shape index (κ2) is 6.94. The first-order valence-corrected chi connectivity index (χ1v) is 10.5. The number of nitrogens with zero attached hydrogens (tertiary/aromatic N) is 2. The van der Waals surface area contributed by atoms with E-state index in [4.69, 9.17) is 0 Å². The molecular weight excluding hydrogens is 374 g/mol. The largest absolute Gasteiger partial charge is 0.341 e. The molecule has 4 rings (SSSR count). The highest BCUT2D eigenvalue weighted by atomic mass is 32.2. The summed E-state index contributed by atoms with van der Waals surface area (Å²) in [7, 11) is -3.62. The third-order valence-corrected chi connectivity index (χ3v) is 5.44. The minimum atomic E-state index is -3.62. The van der Waals surface area contributed by atoms with Gasteiger partial charge in [0.2, 0.25) is 0 Å². The Bertz CT molecular complexity index is 1320. The number of aromatic nitrogens is 2. The van der Waals surface area contributed by atoms with Gasteiger partial charge >= 0.3 is 0 Å². The summed E-state index contributed by atoms with van der Waals surface area (Å²) in [5, 5.41) is 3.47. The van der Waals surface area contributed by atoms with E-state index in [1.54, 1.807) is 4.57 Å². The summed E-state index contributed by atoms with van der Waals surface area (Å²) in [6, 6.07) is 20.1. The highest BCUT2D eigenvalue weighted by Gasteiger charge is 2.20. The Morgan fingerprint density at radius 3 is 2.21 bits per heavy atom. The van der Waals surface area contributed by atoms with Crippen molar-refractivity contribution in [3.05, 3.63) is 89.3 Å². The number of anilines is 2. The van der Waals surface area contributed by atoms with Crippen molar-refractivity contribution in [1.29, 1.82) is 0 Å². The summed E-state index contributed by atoms with van der Waals surface area (Å²) in [6.07, 6.45) is 3.79. The highest BCUT2D eigenvalue weighted by Crippen LogP contribution is 2.28. The summed E-state index contributed by atoms with van der Waals surface area (Å²) in [4.78, 5) is 16.7. The third-order valence-electron chi connectivity index (χ3n) is 4.34. The fourth-order valence-electron chi connectivity index (χ4n) is 3.11. The van der Waals surface area contributed by atoms with Crippen LogP contribution in [0.1, 0.15) is 0 Å². The van der Waals surface area contributed by atoms with Crippen molar-refractivity contribution in [3.63, 3.8) is 0 Å². The SMILES string of the molecule is CS(=O)(=O)c1cncc2c(=O)cc(Nc3ccccc3)n(-c3ccccc3)c12. The zero-order chi connectivity index (χ0) is 19.7. The third kappa shape index (κ3) is 3.27. The van der Waals surface area contributed by atoms with Gasteiger partial charge in [0.1, 0.15) is 10.7 Å². The van der Waals surface area contributed by atoms with E-state index >= 15 is 0 Å². The minimum absolute atomic E-state index is 0.00247. The summed E-state index contributed by atoms with van der Waals surface area (Å²) in [5.41, 5.74) is 1.50. The molecule has 0 saturated heterocycles. The van der Waals surface area contributed by atoms with E-state index in [-0.39, 0.29) is 15.7 Å². The number of hydrogen-bond donors (Lipinski definition) is 1.